The van der Waals surface area contributed by atoms with Gasteiger partial charge in [0.1, 0.15) is 0 Å². The summed E-state index contributed by atoms with van der Waals surface area (Å²) in [6.45, 7) is 2.69. The Morgan fingerprint density at radius 3 is 2.79 bits per heavy atom. The van der Waals surface area contributed by atoms with Crippen LogP contribution in [-0.2, 0) is 13.0 Å². The van der Waals surface area contributed by atoms with Crippen LogP contribution in [0.1, 0.15) is 27.0 Å². The third kappa shape index (κ3) is 3.32. The summed E-state index contributed by atoms with van der Waals surface area (Å²) < 4.78 is 0. The molecular weight excluding hydrogens is 258 g/mol. The van der Waals surface area contributed by atoms with Crippen molar-refractivity contribution in [1.82, 2.24) is 10.3 Å². The van der Waals surface area contributed by atoms with Crippen LogP contribution in [-0.4, -0.2) is 17.9 Å². The summed E-state index contributed by atoms with van der Waals surface area (Å²) in [5.74, 6) is -0.108. The Morgan fingerprint density at radius 2 is 2.11 bits per heavy atom. The van der Waals surface area contributed by atoms with Gasteiger partial charge in [0.05, 0.1) is 12.1 Å². The normalized spacial score (nSPS) is 10.2. The van der Waals surface area contributed by atoms with Crippen LogP contribution in [0.4, 0.5) is 5.69 Å². The molecule has 0 unspecified atom stereocenters. The zero-order chi connectivity index (χ0) is 13.7. The number of nitrogens with zero attached hydrogens (tertiary/aromatic N) is 1. The minimum atomic E-state index is -0.108. The van der Waals surface area contributed by atoms with Crippen LogP contribution in [0.3, 0.4) is 0 Å². The molecule has 2 rings (SSSR count). The molecule has 2 aromatic rings. The lowest BCUT2D eigenvalue weighted by Gasteiger charge is -2.08. The second-order valence-corrected chi connectivity index (χ2v) is 5.33. The van der Waals surface area contributed by atoms with Crippen LogP contribution in [0.15, 0.2) is 30.6 Å². The summed E-state index contributed by atoms with van der Waals surface area (Å²) >= 11 is 1.73. The van der Waals surface area contributed by atoms with Gasteiger partial charge in [-0.05, 0) is 24.6 Å². The van der Waals surface area contributed by atoms with Gasteiger partial charge < -0.3 is 10.6 Å². The summed E-state index contributed by atoms with van der Waals surface area (Å²) in [4.78, 5) is 18.6. The van der Waals surface area contributed by atoms with E-state index in [9.17, 15) is 4.79 Å². The van der Waals surface area contributed by atoms with Gasteiger partial charge in [-0.1, -0.05) is 6.92 Å². The zero-order valence-electron chi connectivity index (χ0n) is 11.1. The van der Waals surface area contributed by atoms with E-state index in [0.29, 0.717) is 12.1 Å². The van der Waals surface area contributed by atoms with E-state index in [1.165, 1.54) is 9.75 Å². The largest absolute Gasteiger partial charge is 0.387 e. The number of carbonyl (C=O) groups is 1. The first-order valence-electron chi connectivity index (χ1n) is 6.22. The minimum absolute atomic E-state index is 0.108. The van der Waals surface area contributed by atoms with Crippen molar-refractivity contribution in [2.24, 2.45) is 0 Å². The molecule has 19 heavy (non-hydrogen) atoms. The molecule has 0 saturated carbocycles. The third-order valence-corrected chi connectivity index (χ3v) is 4.05. The van der Waals surface area contributed by atoms with E-state index in [0.717, 1.165) is 12.1 Å². The van der Waals surface area contributed by atoms with E-state index < -0.39 is 0 Å². The van der Waals surface area contributed by atoms with Gasteiger partial charge in [-0.2, -0.15) is 0 Å². The molecule has 4 nitrogen and oxygen atoms in total. The number of pyridine rings is 1. The van der Waals surface area contributed by atoms with Crippen LogP contribution >= 0.6 is 11.3 Å². The smallest absolute Gasteiger partial charge is 0.255 e. The molecule has 0 bridgehead atoms. The van der Waals surface area contributed by atoms with Crippen LogP contribution < -0.4 is 10.6 Å². The fraction of sp³-hybridized carbons (Fsp3) is 0.286. The Labute approximate surface area is 116 Å². The molecule has 0 aromatic carbocycles. The van der Waals surface area contributed by atoms with Crippen molar-refractivity contribution in [3.05, 3.63) is 45.9 Å². The van der Waals surface area contributed by atoms with E-state index in [4.69, 9.17) is 0 Å². The van der Waals surface area contributed by atoms with Gasteiger partial charge in [0.25, 0.3) is 5.91 Å². The molecule has 0 radical (unpaired) electrons. The first-order valence-corrected chi connectivity index (χ1v) is 7.03. The summed E-state index contributed by atoms with van der Waals surface area (Å²) in [7, 11) is 1.79. The van der Waals surface area contributed by atoms with Crippen LogP contribution in [0.25, 0.3) is 0 Å². The number of anilines is 1. The summed E-state index contributed by atoms with van der Waals surface area (Å²) in [5, 5.41) is 5.91. The Balaban J connectivity index is 2.01. The molecule has 0 spiro atoms. The minimum Gasteiger partial charge on any atom is -0.387 e. The third-order valence-electron chi connectivity index (χ3n) is 2.82. The Kier molecular flexibility index (Phi) is 4.52. The zero-order valence-corrected chi connectivity index (χ0v) is 11.9. The van der Waals surface area contributed by atoms with Crippen molar-refractivity contribution in [3.8, 4) is 0 Å². The fourth-order valence-corrected chi connectivity index (χ4v) is 2.66. The lowest BCUT2D eigenvalue weighted by molar-refractivity contribution is 0.0952. The number of aromatic nitrogens is 1. The summed E-state index contributed by atoms with van der Waals surface area (Å²) in [6, 6.07) is 5.95. The Bertz CT molecular complexity index is 565. The quantitative estimate of drug-likeness (QED) is 0.882. The van der Waals surface area contributed by atoms with Gasteiger partial charge in [-0.25, -0.2) is 0 Å². The van der Waals surface area contributed by atoms with E-state index in [1.807, 2.05) is 0 Å². The summed E-state index contributed by atoms with van der Waals surface area (Å²) in [5.41, 5.74) is 1.35. The average molecular weight is 275 g/mol. The van der Waals surface area contributed by atoms with E-state index >= 15 is 0 Å². The number of thiophene rings is 1. The molecule has 100 valence electrons. The average Bonchev–Trinajstić information content (AvgIpc) is 2.92. The second-order valence-electron chi connectivity index (χ2n) is 4.08. The van der Waals surface area contributed by atoms with Crippen LogP contribution in [0.5, 0.6) is 0 Å². The van der Waals surface area contributed by atoms with Crippen molar-refractivity contribution in [3.63, 3.8) is 0 Å². The standard InChI is InChI=1S/C14H17N3OS/c1-3-10-4-5-11(19-10)8-17-14(18)12-9-16-7-6-13(12)15-2/h4-7,9H,3,8H2,1-2H3,(H,15,16)(H,17,18). The van der Waals surface area contributed by atoms with Crippen LogP contribution in [0, 0.1) is 0 Å². The molecule has 0 fully saturated rings. The van der Waals surface area contributed by atoms with Crippen molar-refractivity contribution >= 4 is 22.9 Å². The number of hydrogen-bond donors (Lipinski definition) is 2. The van der Waals surface area contributed by atoms with Gasteiger partial charge in [-0.3, -0.25) is 9.78 Å². The molecule has 0 atom stereocenters. The predicted molar refractivity (Wildman–Crippen MR) is 78.7 cm³/mol. The highest BCUT2D eigenvalue weighted by molar-refractivity contribution is 7.11. The van der Waals surface area contributed by atoms with E-state index in [-0.39, 0.29) is 5.91 Å². The Hall–Kier alpha value is -1.88. The maximum Gasteiger partial charge on any atom is 0.255 e. The molecule has 1 amide bonds. The van der Waals surface area contributed by atoms with Crippen LogP contribution in [0.2, 0.25) is 0 Å². The molecule has 5 heteroatoms. The number of aryl methyl sites for hydroxylation is 1. The molecule has 0 saturated heterocycles. The second kappa shape index (κ2) is 6.33. The molecule has 0 aliphatic carbocycles. The summed E-state index contributed by atoms with van der Waals surface area (Å²) in [6.07, 6.45) is 4.27. The maximum absolute atomic E-state index is 12.1. The van der Waals surface area contributed by atoms with E-state index in [1.54, 1.807) is 36.8 Å². The molecule has 2 N–H and O–H groups in total. The first-order chi connectivity index (χ1) is 9.24. The van der Waals surface area contributed by atoms with Gasteiger partial charge in [0.15, 0.2) is 0 Å². The highest BCUT2D eigenvalue weighted by Crippen LogP contribution is 2.17. The first kappa shape index (κ1) is 13.5. The highest BCUT2D eigenvalue weighted by atomic mass is 32.1. The van der Waals surface area contributed by atoms with Crippen molar-refractivity contribution in [1.29, 1.82) is 0 Å². The molecule has 0 aliphatic rings. The predicted octanol–water partition coefficient (Wildman–Crippen LogP) is 2.68. The topological polar surface area (TPSA) is 54.0 Å². The van der Waals surface area contributed by atoms with Gasteiger partial charge in [0, 0.05) is 34.9 Å². The SMILES string of the molecule is CCc1ccc(CNC(=O)c2cnccc2NC)s1. The number of hydrogen-bond acceptors (Lipinski definition) is 4. The lowest BCUT2D eigenvalue weighted by atomic mass is 10.2. The molecule has 0 aliphatic heterocycles. The number of nitrogens with one attached hydrogen (secondary N) is 2. The number of carbonyl (C=O) groups excluding carboxylic acids is 1. The molecule has 2 aromatic heterocycles. The highest BCUT2D eigenvalue weighted by Gasteiger charge is 2.10. The van der Waals surface area contributed by atoms with Crippen molar-refractivity contribution in [2.45, 2.75) is 19.9 Å². The van der Waals surface area contributed by atoms with Gasteiger partial charge in [-0.15, -0.1) is 11.3 Å². The molecule has 2 heterocycles. The number of amides is 1. The monoisotopic (exact) mass is 275 g/mol. The van der Waals surface area contributed by atoms with Crippen molar-refractivity contribution in [2.75, 3.05) is 12.4 Å². The fourth-order valence-electron chi connectivity index (χ4n) is 1.76. The lowest BCUT2D eigenvalue weighted by Crippen LogP contribution is -2.23. The molecular formula is C14H17N3OS. The van der Waals surface area contributed by atoms with Gasteiger partial charge in [0.2, 0.25) is 0 Å². The van der Waals surface area contributed by atoms with Gasteiger partial charge >= 0.3 is 0 Å². The Morgan fingerprint density at radius 1 is 1.32 bits per heavy atom. The number of rotatable bonds is 5. The maximum atomic E-state index is 12.1. The van der Waals surface area contributed by atoms with E-state index in [2.05, 4.69) is 34.7 Å². The van der Waals surface area contributed by atoms with Crippen molar-refractivity contribution < 1.29 is 4.79 Å².